The monoisotopic (exact) mass is 323 g/mol. The normalized spacial score (nSPS) is 23.2. The molecule has 5 heteroatoms. The lowest BCUT2D eigenvalue weighted by atomic mass is 9.84. The first-order valence-electron chi connectivity index (χ1n) is 6.82. The van der Waals surface area contributed by atoms with E-state index < -0.39 is 11.7 Å². The maximum atomic E-state index is 10.8. The molecule has 1 N–H and O–H groups in total. The fraction of sp³-hybridized carbons (Fsp3) is 0.312. The van der Waals surface area contributed by atoms with Crippen LogP contribution >= 0.6 is 23.2 Å². The van der Waals surface area contributed by atoms with Gasteiger partial charge in [-0.15, -0.1) is 0 Å². The molecule has 2 atom stereocenters. The van der Waals surface area contributed by atoms with Crippen LogP contribution < -0.4 is 0 Å². The quantitative estimate of drug-likeness (QED) is 0.923. The second-order valence-corrected chi connectivity index (χ2v) is 5.94. The first-order valence-corrected chi connectivity index (χ1v) is 7.57. The molecule has 1 fully saturated rings. The minimum atomic E-state index is -0.849. The van der Waals surface area contributed by atoms with Crippen LogP contribution in [0.3, 0.4) is 0 Å². The van der Waals surface area contributed by atoms with Gasteiger partial charge in [0.05, 0.1) is 15.7 Å². The van der Waals surface area contributed by atoms with E-state index in [-0.39, 0.29) is 0 Å². The summed E-state index contributed by atoms with van der Waals surface area (Å²) in [5, 5.41) is 11.8. The highest BCUT2D eigenvalue weighted by molar-refractivity contribution is 6.42. The summed E-state index contributed by atoms with van der Waals surface area (Å²) >= 11 is 12.1. The van der Waals surface area contributed by atoms with Crippen molar-refractivity contribution in [3.8, 4) is 0 Å². The van der Waals surface area contributed by atoms with Crippen molar-refractivity contribution in [2.75, 3.05) is 6.61 Å². The van der Waals surface area contributed by atoms with Crippen molar-refractivity contribution in [3.05, 3.63) is 63.9 Å². The number of rotatable bonds is 3. The summed E-state index contributed by atoms with van der Waals surface area (Å²) in [5.74, 6) is 0. The summed E-state index contributed by atoms with van der Waals surface area (Å²) in [4.78, 5) is 4.24. The van der Waals surface area contributed by atoms with Crippen molar-refractivity contribution in [1.29, 1.82) is 0 Å². The van der Waals surface area contributed by atoms with E-state index in [2.05, 4.69) is 4.98 Å². The molecule has 0 saturated carbocycles. The lowest BCUT2D eigenvalue weighted by Crippen LogP contribution is -2.33. The maximum absolute atomic E-state index is 10.8. The topological polar surface area (TPSA) is 42.4 Å². The smallest absolute Gasteiger partial charge is 0.129 e. The Bertz CT molecular complexity index is 627. The van der Waals surface area contributed by atoms with Crippen molar-refractivity contribution < 1.29 is 9.84 Å². The van der Waals surface area contributed by atoms with Crippen molar-refractivity contribution in [1.82, 2.24) is 4.98 Å². The predicted molar refractivity (Wildman–Crippen MR) is 82.5 cm³/mol. The predicted octanol–water partition coefficient (Wildman–Crippen LogP) is 4.13. The standard InChI is InChI=1S/C16H15Cl2NO2/c17-12-6-5-11(10-13(12)18)16(7-3-9-21-16)15(20)14-4-1-2-8-19-14/h1-2,4-6,8,10,15,20H,3,7,9H2/t15-,16+/m1/s1. The molecule has 1 aromatic carbocycles. The van der Waals surface area contributed by atoms with Gasteiger partial charge in [0.1, 0.15) is 11.7 Å². The van der Waals surface area contributed by atoms with Gasteiger partial charge in [0, 0.05) is 12.8 Å². The Morgan fingerprint density at radius 2 is 2.05 bits per heavy atom. The van der Waals surface area contributed by atoms with Gasteiger partial charge < -0.3 is 9.84 Å². The fourth-order valence-electron chi connectivity index (χ4n) is 2.80. The number of aliphatic hydroxyl groups is 1. The number of halogens is 2. The van der Waals surface area contributed by atoms with Crippen molar-refractivity contribution in [2.45, 2.75) is 24.5 Å². The van der Waals surface area contributed by atoms with Crippen LogP contribution in [0.4, 0.5) is 0 Å². The summed E-state index contributed by atoms with van der Waals surface area (Å²) in [5.41, 5.74) is 0.598. The molecule has 2 aromatic rings. The van der Waals surface area contributed by atoms with Gasteiger partial charge in [-0.3, -0.25) is 4.98 Å². The average Bonchev–Trinajstić information content (AvgIpc) is 3.01. The van der Waals surface area contributed by atoms with Gasteiger partial charge in [-0.2, -0.15) is 0 Å². The molecule has 0 amide bonds. The van der Waals surface area contributed by atoms with Crippen LogP contribution in [0.25, 0.3) is 0 Å². The molecule has 2 heterocycles. The number of nitrogens with zero attached hydrogens (tertiary/aromatic N) is 1. The number of ether oxygens (including phenoxy) is 1. The number of pyridine rings is 1. The molecule has 1 aromatic heterocycles. The summed E-state index contributed by atoms with van der Waals surface area (Å²) in [6.07, 6.45) is 2.40. The molecule has 3 rings (SSSR count). The summed E-state index contributed by atoms with van der Waals surface area (Å²) in [7, 11) is 0. The van der Waals surface area contributed by atoms with Crippen LogP contribution in [0.2, 0.25) is 10.0 Å². The van der Waals surface area contributed by atoms with Gasteiger partial charge in [0.2, 0.25) is 0 Å². The lowest BCUT2D eigenvalue weighted by molar-refractivity contribution is -0.100. The Kier molecular flexibility index (Phi) is 4.18. The molecule has 3 nitrogen and oxygen atoms in total. The molecule has 0 spiro atoms. The molecule has 110 valence electrons. The van der Waals surface area contributed by atoms with Crippen molar-refractivity contribution in [3.63, 3.8) is 0 Å². The van der Waals surface area contributed by atoms with Crippen molar-refractivity contribution in [2.24, 2.45) is 0 Å². The number of aliphatic hydroxyl groups excluding tert-OH is 1. The number of hydrogen-bond donors (Lipinski definition) is 1. The highest BCUT2D eigenvalue weighted by Crippen LogP contribution is 2.46. The molecule has 0 aliphatic carbocycles. The molecule has 1 saturated heterocycles. The molecule has 0 radical (unpaired) electrons. The average molecular weight is 324 g/mol. The third-order valence-electron chi connectivity index (χ3n) is 3.87. The second kappa shape index (κ2) is 5.93. The lowest BCUT2D eigenvalue weighted by Gasteiger charge is -2.34. The van der Waals surface area contributed by atoms with Gasteiger partial charge in [0.25, 0.3) is 0 Å². The zero-order valence-electron chi connectivity index (χ0n) is 11.3. The second-order valence-electron chi connectivity index (χ2n) is 5.13. The zero-order valence-corrected chi connectivity index (χ0v) is 12.8. The molecular weight excluding hydrogens is 309 g/mol. The summed E-state index contributed by atoms with van der Waals surface area (Å²) < 4.78 is 5.95. The minimum absolute atomic E-state index is 0.456. The molecule has 21 heavy (non-hydrogen) atoms. The van der Waals surface area contributed by atoms with E-state index in [0.29, 0.717) is 28.8 Å². The van der Waals surface area contributed by atoms with Crippen LogP contribution in [0.5, 0.6) is 0 Å². The number of hydrogen-bond acceptors (Lipinski definition) is 3. The summed E-state index contributed by atoms with van der Waals surface area (Å²) in [6, 6.07) is 10.8. The Labute approximate surface area is 133 Å². The highest BCUT2D eigenvalue weighted by Gasteiger charge is 2.45. The molecule has 0 bridgehead atoms. The van der Waals surface area contributed by atoms with E-state index in [1.807, 2.05) is 18.2 Å². The SMILES string of the molecule is O[C@H](c1ccccn1)[C@@]1(c2ccc(Cl)c(Cl)c2)CCCO1. The maximum Gasteiger partial charge on any atom is 0.129 e. The fourth-order valence-corrected chi connectivity index (χ4v) is 3.10. The van der Waals surface area contributed by atoms with Crippen LogP contribution in [-0.2, 0) is 10.3 Å². The van der Waals surface area contributed by atoms with E-state index in [1.165, 1.54) is 0 Å². The van der Waals surface area contributed by atoms with Gasteiger partial charge >= 0.3 is 0 Å². The first kappa shape index (κ1) is 14.8. The number of aromatic nitrogens is 1. The van der Waals surface area contributed by atoms with Gasteiger partial charge in [0.15, 0.2) is 0 Å². The van der Waals surface area contributed by atoms with Gasteiger partial charge in [-0.25, -0.2) is 0 Å². The number of benzene rings is 1. The van der Waals surface area contributed by atoms with Crippen LogP contribution in [0.1, 0.15) is 30.2 Å². The Balaban J connectivity index is 2.05. The Morgan fingerprint density at radius 3 is 2.67 bits per heavy atom. The van der Waals surface area contributed by atoms with E-state index in [1.54, 1.807) is 24.4 Å². The summed E-state index contributed by atoms with van der Waals surface area (Å²) in [6.45, 7) is 0.601. The van der Waals surface area contributed by atoms with Crippen LogP contribution in [-0.4, -0.2) is 16.7 Å². The van der Waals surface area contributed by atoms with E-state index in [4.69, 9.17) is 27.9 Å². The Morgan fingerprint density at radius 1 is 1.19 bits per heavy atom. The van der Waals surface area contributed by atoms with Gasteiger partial charge in [-0.05, 0) is 42.7 Å². The van der Waals surface area contributed by atoms with E-state index in [0.717, 1.165) is 12.0 Å². The molecule has 1 aliphatic rings. The minimum Gasteiger partial charge on any atom is -0.383 e. The largest absolute Gasteiger partial charge is 0.383 e. The van der Waals surface area contributed by atoms with E-state index in [9.17, 15) is 5.11 Å². The third-order valence-corrected chi connectivity index (χ3v) is 4.61. The zero-order chi connectivity index (χ0) is 14.9. The van der Waals surface area contributed by atoms with Crippen molar-refractivity contribution >= 4 is 23.2 Å². The molecule has 1 aliphatic heterocycles. The Hall–Kier alpha value is -1.13. The first-order chi connectivity index (χ1) is 10.1. The third kappa shape index (κ3) is 2.67. The highest BCUT2D eigenvalue weighted by atomic mass is 35.5. The van der Waals surface area contributed by atoms with E-state index >= 15 is 0 Å². The molecule has 0 unspecified atom stereocenters. The van der Waals surface area contributed by atoms with Crippen LogP contribution in [0, 0.1) is 0 Å². The van der Waals surface area contributed by atoms with Gasteiger partial charge in [-0.1, -0.05) is 35.3 Å². The molecular formula is C16H15Cl2NO2. The van der Waals surface area contributed by atoms with Crippen LogP contribution in [0.15, 0.2) is 42.6 Å².